The fourth-order valence-corrected chi connectivity index (χ4v) is 1.67. The summed E-state index contributed by atoms with van der Waals surface area (Å²) < 4.78 is 0. The van der Waals surface area contributed by atoms with Gasteiger partial charge in [-0.2, -0.15) is 5.10 Å². The molecule has 1 aromatic carbocycles. The van der Waals surface area contributed by atoms with Gasteiger partial charge in [-0.15, -0.1) is 0 Å². The van der Waals surface area contributed by atoms with Crippen LogP contribution >= 0.6 is 0 Å². The average Bonchev–Trinajstić information content (AvgIpc) is 2.88. The zero-order valence-corrected chi connectivity index (χ0v) is 10.8. The fourth-order valence-electron chi connectivity index (χ4n) is 1.67. The second kappa shape index (κ2) is 5.51. The Morgan fingerprint density at radius 3 is 2.84 bits per heavy atom. The van der Waals surface area contributed by atoms with Crippen LogP contribution in [0, 0.1) is 0 Å². The Morgan fingerprint density at radius 1 is 1.47 bits per heavy atom. The first-order valence-corrected chi connectivity index (χ1v) is 6.03. The summed E-state index contributed by atoms with van der Waals surface area (Å²) in [6, 6.07) is 5.09. The summed E-state index contributed by atoms with van der Waals surface area (Å²) in [5.74, 6) is 0.509. The highest BCUT2D eigenvalue weighted by atomic mass is 16.3. The van der Waals surface area contributed by atoms with Gasteiger partial charge in [-0.25, -0.2) is 4.98 Å². The molecular weight excluding hydrogens is 244 g/mol. The van der Waals surface area contributed by atoms with Crippen LogP contribution in [0.2, 0.25) is 0 Å². The van der Waals surface area contributed by atoms with E-state index in [2.05, 4.69) is 20.5 Å². The molecule has 0 saturated heterocycles. The summed E-state index contributed by atoms with van der Waals surface area (Å²) in [5.41, 5.74) is 1.24. The van der Waals surface area contributed by atoms with Crippen molar-refractivity contribution in [2.24, 2.45) is 0 Å². The van der Waals surface area contributed by atoms with Gasteiger partial charge >= 0.3 is 0 Å². The van der Waals surface area contributed by atoms with Crippen molar-refractivity contribution in [3.63, 3.8) is 0 Å². The number of aromatic nitrogens is 3. The van der Waals surface area contributed by atoms with Gasteiger partial charge in [0.1, 0.15) is 17.9 Å². The molecule has 0 saturated carbocycles. The highest BCUT2D eigenvalue weighted by Gasteiger charge is 2.12. The van der Waals surface area contributed by atoms with Crippen LogP contribution < -0.4 is 5.32 Å². The monoisotopic (exact) mass is 260 g/mol. The SMILES string of the molecule is CC(C)c1ccc(C(=O)NCc2ncn[nH]2)c(O)c1. The molecule has 0 spiro atoms. The minimum Gasteiger partial charge on any atom is -0.507 e. The maximum Gasteiger partial charge on any atom is 0.255 e. The van der Waals surface area contributed by atoms with Gasteiger partial charge in [-0.3, -0.25) is 9.89 Å². The van der Waals surface area contributed by atoms with Crippen molar-refractivity contribution >= 4 is 5.91 Å². The Labute approximate surface area is 110 Å². The Morgan fingerprint density at radius 2 is 2.26 bits per heavy atom. The van der Waals surface area contributed by atoms with E-state index in [4.69, 9.17) is 0 Å². The van der Waals surface area contributed by atoms with Crippen molar-refractivity contribution in [1.82, 2.24) is 20.5 Å². The molecule has 0 bridgehead atoms. The van der Waals surface area contributed by atoms with Crippen LogP contribution in [0.3, 0.4) is 0 Å². The van der Waals surface area contributed by atoms with Gasteiger partial charge in [0.2, 0.25) is 0 Å². The number of H-pyrrole nitrogens is 1. The predicted octanol–water partition coefficient (Wildman–Crippen LogP) is 1.56. The zero-order chi connectivity index (χ0) is 13.8. The molecule has 6 heteroatoms. The molecule has 0 aliphatic heterocycles. The van der Waals surface area contributed by atoms with Crippen molar-refractivity contribution in [2.45, 2.75) is 26.3 Å². The number of hydrogen-bond acceptors (Lipinski definition) is 4. The van der Waals surface area contributed by atoms with Crippen molar-refractivity contribution in [3.05, 3.63) is 41.5 Å². The van der Waals surface area contributed by atoms with Crippen molar-refractivity contribution in [1.29, 1.82) is 0 Å². The number of rotatable bonds is 4. The molecule has 2 aromatic rings. The molecule has 1 heterocycles. The lowest BCUT2D eigenvalue weighted by molar-refractivity contribution is 0.0947. The Kier molecular flexibility index (Phi) is 3.79. The quantitative estimate of drug-likeness (QED) is 0.778. The van der Waals surface area contributed by atoms with E-state index in [1.54, 1.807) is 12.1 Å². The average molecular weight is 260 g/mol. The van der Waals surface area contributed by atoms with E-state index in [0.29, 0.717) is 11.7 Å². The van der Waals surface area contributed by atoms with Crippen LogP contribution in [0.25, 0.3) is 0 Å². The van der Waals surface area contributed by atoms with Gasteiger partial charge in [-0.1, -0.05) is 19.9 Å². The minimum atomic E-state index is -0.343. The highest BCUT2D eigenvalue weighted by molar-refractivity contribution is 5.96. The van der Waals surface area contributed by atoms with Crippen LogP contribution in [-0.2, 0) is 6.54 Å². The van der Waals surface area contributed by atoms with E-state index in [0.717, 1.165) is 5.56 Å². The standard InChI is InChI=1S/C13H16N4O2/c1-8(2)9-3-4-10(11(18)5-9)13(19)14-6-12-15-7-16-17-12/h3-5,7-8,18H,6H2,1-2H3,(H,14,19)(H,15,16,17). The molecule has 100 valence electrons. The van der Waals surface area contributed by atoms with Gasteiger partial charge < -0.3 is 10.4 Å². The number of carbonyl (C=O) groups is 1. The van der Waals surface area contributed by atoms with Gasteiger partial charge in [0.25, 0.3) is 5.91 Å². The number of nitrogens with one attached hydrogen (secondary N) is 2. The fraction of sp³-hybridized carbons (Fsp3) is 0.308. The third-order valence-electron chi connectivity index (χ3n) is 2.81. The molecule has 3 N–H and O–H groups in total. The van der Waals surface area contributed by atoms with E-state index < -0.39 is 0 Å². The molecule has 6 nitrogen and oxygen atoms in total. The van der Waals surface area contributed by atoms with Crippen LogP contribution in [0.1, 0.15) is 41.5 Å². The summed E-state index contributed by atoms with van der Waals surface area (Å²) in [6.07, 6.45) is 1.37. The molecule has 2 rings (SSSR count). The first-order chi connectivity index (χ1) is 9.08. The number of aromatic amines is 1. The van der Waals surface area contributed by atoms with E-state index in [-0.39, 0.29) is 23.8 Å². The lowest BCUT2D eigenvalue weighted by Crippen LogP contribution is -2.23. The molecule has 0 fully saturated rings. The first-order valence-electron chi connectivity index (χ1n) is 6.03. The number of phenols is 1. The van der Waals surface area contributed by atoms with Gasteiger partial charge in [0, 0.05) is 0 Å². The number of hydrogen-bond donors (Lipinski definition) is 3. The molecule has 19 heavy (non-hydrogen) atoms. The van der Waals surface area contributed by atoms with Crippen LogP contribution in [0.4, 0.5) is 0 Å². The smallest absolute Gasteiger partial charge is 0.255 e. The number of amides is 1. The van der Waals surface area contributed by atoms with Gasteiger partial charge in [-0.05, 0) is 23.6 Å². The second-order valence-electron chi connectivity index (χ2n) is 4.55. The maximum absolute atomic E-state index is 11.9. The number of phenolic OH excluding ortho intramolecular Hbond substituents is 1. The molecule has 1 aromatic heterocycles. The molecule has 1 amide bonds. The third kappa shape index (κ3) is 3.09. The summed E-state index contributed by atoms with van der Waals surface area (Å²) >= 11 is 0. The largest absolute Gasteiger partial charge is 0.507 e. The lowest BCUT2D eigenvalue weighted by atomic mass is 10.0. The van der Waals surface area contributed by atoms with E-state index in [1.807, 2.05) is 19.9 Å². The number of carbonyl (C=O) groups excluding carboxylic acids is 1. The summed E-state index contributed by atoms with van der Waals surface area (Å²) in [5, 5.41) is 18.9. The number of benzene rings is 1. The molecular formula is C13H16N4O2. The zero-order valence-electron chi connectivity index (χ0n) is 10.8. The molecule has 0 unspecified atom stereocenters. The lowest BCUT2D eigenvalue weighted by Gasteiger charge is -2.09. The van der Waals surface area contributed by atoms with E-state index in [1.165, 1.54) is 6.33 Å². The Hall–Kier alpha value is -2.37. The molecule has 0 radical (unpaired) electrons. The van der Waals surface area contributed by atoms with Gasteiger partial charge in [0.15, 0.2) is 0 Å². The van der Waals surface area contributed by atoms with E-state index >= 15 is 0 Å². The Bertz CT molecular complexity index is 564. The first kappa shape index (κ1) is 13.1. The van der Waals surface area contributed by atoms with Crippen LogP contribution in [0.5, 0.6) is 5.75 Å². The number of aromatic hydroxyl groups is 1. The molecule has 0 atom stereocenters. The highest BCUT2D eigenvalue weighted by Crippen LogP contribution is 2.23. The van der Waals surface area contributed by atoms with Crippen LogP contribution in [0.15, 0.2) is 24.5 Å². The molecule has 0 aliphatic carbocycles. The van der Waals surface area contributed by atoms with Crippen LogP contribution in [-0.4, -0.2) is 26.2 Å². The van der Waals surface area contributed by atoms with E-state index in [9.17, 15) is 9.90 Å². The summed E-state index contributed by atoms with van der Waals surface area (Å²) in [6.45, 7) is 4.29. The van der Waals surface area contributed by atoms with Crippen molar-refractivity contribution in [2.75, 3.05) is 0 Å². The summed E-state index contributed by atoms with van der Waals surface area (Å²) in [4.78, 5) is 15.8. The molecule has 0 aliphatic rings. The normalized spacial score (nSPS) is 10.7. The number of nitrogens with zero attached hydrogens (tertiary/aromatic N) is 2. The minimum absolute atomic E-state index is 0.0127. The van der Waals surface area contributed by atoms with Crippen molar-refractivity contribution < 1.29 is 9.90 Å². The summed E-state index contributed by atoms with van der Waals surface area (Å²) in [7, 11) is 0. The van der Waals surface area contributed by atoms with Gasteiger partial charge in [0.05, 0.1) is 12.1 Å². The Balaban J connectivity index is 2.06. The predicted molar refractivity (Wildman–Crippen MR) is 69.7 cm³/mol. The van der Waals surface area contributed by atoms with Crippen molar-refractivity contribution in [3.8, 4) is 5.75 Å². The topological polar surface area (TPSA) is 90.9 Å². The second-order valence-corrected chi connectivity index (χ2v) is 4.55. The third-order valence-corrected chi connectivity index (χ3v) is 2.81. The maximum atomic E-state index is 11.9.